The van der Waals surface area contributed by atoms with Gasteiger partial charge in [-0.25, -0.2) is 5.84 Å². The molecule has 1 heterocycles. The number of hydrazine groups is 1. The molecule has 2 aromatic rings. The van der Waals surface area contributed by atoms with Gasteiger partial charge in [-0.1, -0.05) is 23.7 Å². The minimum atomic E-state index is -0.666. The molecule has 0 aliphatic carbocycles. The Morgan fingerprint density at radius 3 is 2.54 bits per heavy atom. The zero-order valence-electron chi connectivity index (χ0n) is 14.9. The van der Waals surface area contributed by atoms with E-state index in [0.29, 0.717) is 35.5 Å². The van der Waals surface area contributed by atoms with Crippen LogP contribution in [-0.2, 0) is 0 Å². The maximum absolute atomic E-state index is 10.1. The van der Waals surface area contributed by atoms with Crippen molar-refractivity contribution in [3.8, 4) is 5.75 Å². The monoisotopic (exact) mass is 380 g/mol. The molecular formula is C17H25ClN6O2. The first-order chi connectivity index (χ1) is 12.4. The number of β-amino-alcohol motifs (C(OH)–C–C–N with tert-alkyl or cyclic N) is 1. The molecule has 6 N–H and O–H groups in total. The van der Waals surface area contributed by atoms with E-state index in [0.717, 1.165) is 0 Å². The van der Waals surface area contributed by atoms with Gasteiger partial charge in [-0.05, 0) is 38.1 Å². The second-order valence-electron chi connectivity index (χ2n) is 6.46. The molecular weight excluding hydrogens is 356 g/mol. The van der Waals surface area contributed by atoms with Crippen LogP contribution in [0.3, 0.4) is 0 Å². The van der Waals surface area contributed by atoms with Crippen LogP contribution < -0.4 is 26.6 Å². The van der Waals surface area contributed by atoms with Gasteiger partial charge >= 0.3 is 0 Å². The van der Waals surface area contributed by atoms with Crippen molar-refractivity contribution >= 4 is 23.2 Å². The molecule has 0 aliphatic heterocycles. The van der Waals surface area contributed by atoms with Crippen molar-refractivity contribution < 1.29 is 9.84 Å². The maximum atomic E-state index is 10.1. The highest BCUT2D eigenvalue weighted by Gasteiger charge is 2.19. The molecule has 1 aromatic heterocycles. The van der Waals surface area contributed by atoms with E-state index >= 15 is 0 Å². The first-order valence-corrected chi connectivity index (χ1v) is 8.62. The molecule has 9 heteroatoms. The number of nitrogens with one attached hydrogen (secondary N) is 3. The third kappa shape index (κ3) is 6.64. The topological polar surface area (TPSA) is 117 Å². The lowest BCUT2D eigenvalue weighted by Gasteiger charge is -2.28. The van der Waals surface area contributed by atoms with E-state index in [2.05, 4.69) is 26.3 Å². The molecule has 0 bridgehead atoms. The molecule has 1 unspecified atom stereocenters. The van der Waals surface area contributed by atoms with Crippen LogP contribution in [0, 0.1) is 0 Å². The third-order valence-electron chi connectivity index (χ3n) is 3.61. The lowest BCUT2D eigenvalue weighted by molar-refractivity contribution is 0.0997. The number of halogens is 1. The van der Waals surface area contributed by atoms with Crippen molar-refractivity contribution in [3.63, 3.8) is 0 Å². The smallest absolute Gasteiger partial charge is 0.162 e. The SMILES string of the molecule is CC(C)(CNc1ccc(NN)nn1)NCC(O)COc1ccccc1Cl. The van der Waals surface area contributed by atoms with Gasteiger partial charge in [0.05, 0.1) is 5.02 Å². The Morgan fingerprint density at radius 2 is 1.88 bits per heavy atom. The highest BCUT2D eigenvalue weighted by molar-refractivity contribution is 6.32. The largest absolute Gasteiger partial charge is 0.489 e. The van der Waals surface area contributed by atoms with Crippen LogP contribution in [-0.4, -0.2) is 46.6 Å². The van der Waals surface area contributed by atoms with E-state index < -0.39 is 6.10 Å². The Bertz CT molecular complexity index is 683. The van der Waals surface area contributed by atoms with Gasteiger partial charge in [0, 0.05) is 18.6 Å². The predicted molar refractivity (Wildman–Crippen MR) is 103 cm³/mol. The van der Waals surface area contributed by atoms with Crippen molar-refractivity contribution in [3.05, 3.63) is 41.4 Å². The Hall–Kier alpha value is -2.13. The van der Waals surface area contributed by atoms with E-state index in [4.69, 9.17) is 22.2 Å². The van der Waals surface area contributed by atoms with Gasteiger partial charge in [0.2, 0.25) is 0 Å². The fraction of sp³-hybridized carbons (Fsp3) is 0.412. The summed E-state index contributed by atoms with van der Waals surface area (Å²) >= 11 is 6.02. The standard InChI is InChI=1S/C17H25ClN6O2/c1-17(2,11-20-15-7-8-16(22-19)24-23-15)21-9-12(25)10-26-14-6-4-3-5-13(14)18/h3-8,12,21,25H,9-11,19H2,1-2H3,(H,20,23)(H,22,24). The summed E-state index contributed by atoms with van der Waals surface area (Å²) in [6, 6.07) is 10.7. The summed E-state index contributed by atoms with van der Waals surface area (Å²) in [6.07, 6.45) is -0.666. The molecule has 0 radical (unpaired) electrons. The van der Waals surface area contributed by atoms with E-state index in [1.165, 1.54) is 0 Å². The molecule has 0 aliphatic rings. The third-order valence-corrected chi connectivity index (χ3v) is 3.92. The second-order valence-corrected chi connectivity index (χ2v) is 6.87. The molecule has 0 spiro atoms. The average molecular weight is 381 g/mol. The van der Waals surface area contributed by atoms with Crippen LogP contribution >= 0.6 is 11.6 Å². The number of para-hydroxylation sites is 1. The van der Waals surface area contributed by atoms with Crippen molar-refractivity contribution in [1.29, 1.82) is 0 Å². The van der Waals surface area contributed by atoms with Crippen LogP contribution in [0.4, 0.5) is 11.6 Å². The quantitative estimate of drug-likeness (QED) is 0.312. The number of nitrogen functional groups attached to an aromatic ring is 1. The highest BCUT2D eigenvalue weighted by Crippen LogP contribution is 2.23. The van der Waals surface area contributed by atoms with Crippen molar-refractivity contribution in [1.82, 2.24) is 15.5 Å². The normalized spacial score (nSPS) is 12.5. The van der Waals surface area contributed by atoms with Crippen LogP contribution in [0.15, 0.2) is 36.4 Å². The summed E-state index contributed by atoms with van der Waals surface area (Å²) < 4.78 is 5.54. The molecule has 0 saturated heterocycles. The van der Waals surface area contributed by atoms with Gasteiger partial charge in [0.1, 0.15) is 24.3 Å². The van der Waals surface area contributed by atoms with E-state index in [-0.39, 0.29) is 12.1 Å². The van der Waals surface area contributed by atoms with Crippen molar-refractivity contribution in [2.75, 3.05) is 30.4 Å². The van der Waals surface area contributed by atoms with Crippen LogP contribution in [0.25, 0.3) is 0 Å². The summed E-state index contributed by atoms with van der Waals surface area (Å²) in [5.74, 6) is 6.95. The van der Waals surface area contributed by atoms with Gasteiger partial charge in [0.15, 0.2) is 5.82 Å². The number of ether oxygens (including phenoxy) is 1. The molecule has 0 amide bonds. The molecule has 0 fully saturated rings. The molecule has 142 valence electrons. The van der Waals surface area contributed by atoms with E-state index in [1.54, 1.807) is 24.3 Å². The lowest BCUT2D eigenvalue weighted by Crippen LogP contribution is -2.49. The average Bonchev–Trinajstić information content (AvgIpc) is 2.65. The zero-order valence-corrected chi connectivity index (χ0v) is 15.6. The number of hydrogen-bond donors (Lipinski definition) is 5. The Balaban J connectivity index is 1.72. The number of nitrogens with zero attached hydrogens (tertiary/aromatic N) is 2. The number of aromatic nitrogens is 2. The Morgan fingerprint density at radius 1 is 1.19 bits per heavy atom. The highest BCUT2D eigenvalue weighted by atomic mass is 35.5. The zero-order chi connectivity index (χ0) is 19.0. The van der Waals surface area contributed by atoms with Crippen molar-refractivity contribution in [2.24, 2.45) is 5.84 Å². The Labute approximate surface area is 158 Å². The number of rotatable bonds is 10. The Kier molecular flexibility index (Phi) is 7.40. The predicted octanol–water partition coefficient (Wildman–Crippen LogP) is 1.64. The van der Waals surface area contributed by atoms with Gasteiger partial charge in [-0.2, -0.15) is 0 Å². The van der Waals surface area contributed by atoms with Crippen molar-refractivity contribution in [2.45, 2.75) is 25.5 Å². The van der Waals surface area contributed by atoms with Crippen LogP contribution in [0.5, 0.6) is 5.75 Å². The summed E-state index contributed by atoms with van der Waals surface area (Å²) in [5, 5.41) is 25.0. The summed E-state index contributed by atoms with van der Waals surface area (Å²) in [4.78, 5) is 0. The summed E-state index contributed by atoms with van der Waals surface area (Å²) in [5.41, 5.74) is 2.14. The maximum Gasteiger partial charge on any atom is 0.162 e. The minimum absolute atomic E-state index is 0.152. The number of anilines is 2. The molecule has 8 nitrogen and oxygen atoms in total. The second kappa shape index (κ2) is 9.54. The van der Waals surface area contributed by atoms with E-state index in [1.807, 2.05) is 26.0 Å². The minimum Gasteiger partial charge on any atom is -0.489 e. The van der Waals surface area contributed by atoms with Gasteiger partial charge in [0.25, 0.3) is 0 Å². The van der Waals surface area contributed by atoms with Gasteiger partial charge in [-0.15, -0.1) is 10.2 Å². The molecule has 1 atom stereocenters. The molecule has 1 aromatic carbocycles. The molecule has 0 saturated carbocycles. The number of benzene rings is 1. The van der Waals surface area contributed by atoms with Crippen LogP contribution in [0.1, 0.15) is 13.8 Å². The fourth-order valence-electron chi connectivity index (χ4n) is 2.08. The molecule has 26 heavy (non-hydrogen) atoms. The number of aliphatic hydroxyl groups is 1. The number of hydrogen-bond acceptors (Lipinski definition) is 8. The van der Waals surface area contributed by atoms with Gasteiger partial charge in [-0.3, -0.25) is 0 Å². The lowest BCUT2D eigenvalue weighted by atomic mass is 10.1. The molecule has 2 rings (SSSR count). The number of aliphatic hydroxyl groups excluding tert-OH is 1. The summed E-state index contributed by atoms with van der Waals surface area (Å²) in [6.45, 7) is 5.16. The van der Waals surface area contributed by atoms with Gasteiger partial charge < -0.3 is 25.9 Å². The van der Waals surface area contributed by atoms with Crippen LogP contribution in [0.2, 0.25) is 5.02 Å². The first-order valence-electron chi connectivity index (χ1n) is 8.24. The summed E-state index contributed by atoms with van der Waals surface area (Å²) in [7, 11) is 0. The first kappa shape index (κ1) is 20.2. The number of nitrogens with two attached hydrogens (primary N) is 1. The fourth-order valence-corrected chi connectivity index (χ4v) is 2.27. The van der Waals surface area contributed by atoms with E-state index in [9.17, 15) is 5.11 Å².